The Morgan fingerprint density at radius 2 is 1.82 bits per heavy atom. The maximum atomic E-state index is 13.9. The van der Waals surface area contributed by atoms with Gasteiger partial charge in [-0.1, -0.05) is 13.0 Å². The Labute approximate surface area is 223 Å². The van der Waals surface area contributed by atoms with E-state index in [0.29, 0.717) is 25.3 Å². The number of likely N-dealkylation sites (N-methyl/N-ethyl adjacent to an activating group) is 1. The highest BCUT2D eigenvalue weighted by atomic mass is 16.3. The number of hydrogen-bond donors (Lipinski definition) is 5. The number of Topliss-reactive ketones (excluding diaryl/α,β-unsaturated/α-hetero) is 1. The Kier molecular flexibility index (Phi) is 6.60. The molecule has 1 heterocycles. The van der Waals surface area contributed by atoms with Crippen LogP contribution in [0, 0.1) is 23.7 Å². The van der Waals surface area contributed by atoms with Crippen molar-refractivity contribution in [3.8, 4) is 5.75 Å². The Morgan fingerprint density at radius 3 is 2.42 bits per heavy atom. The fraction of sp³-hybridized carbons (Fsp3) is 0.586. The number of phenols is 1. The molecule has 5 rings (SSSR count). The Hall–Kier alpha value is -2.88. The molecule has 3 aliphatic carbocycles. The van der Waals surface area contributed by atoms with Crippen molar-refractivity contribution >= 4 is 11.7 Å². The van der Waals surface area contributed by atoms with Crippen LogP contribution in [0.2, 0.25) is 0 Å². The molecule has 4 aliphatic rings. The molecule has 0 radical (unpaired) electrons. The smallest absolute Gasteiger partial charge is 0.251 e. The van der Waals surface area contributed by atoms with Gasteiger partial charge in [0.15, 0.2) is 5.78 Å². The number of likely N-dealkylation sites (tertiary alicyclic amines) is 1. The minimum absolute atomic E-state index is 0.126. The van der Waals surface area contributed by atoms with Crippen LogP contribution >= 0.6 is 0 Å². The maximum Gasteiger partial charge on any atom is 0.251 e. The summed E-state index contributed by atoms with van der Waals surface area (Å²) in [5.41, 5.74) is 5.41. The van der Waals surface area contributed by atoms with Crippen LogP contribution < -0.4 is 5.73 Å². The number of aliphatic hydroxyl groups is 3. The average Bonchev–Trinajstić information content (AvgIpc) is 2.80. The number of ketones is 1. The van der Waals surface area contributed by atoms with Crippen molar-refractivity contribution in [1.29, 1.82) is 0 Å². The zero-order valence-electron chi connectivity index (χ0n) is 22.6. The lowest BCUT2D eigenvalue weighted by Gasteiger charge is -2.52. The van der Waals surface area contributed by atoms with E-state index in [4.69, 9.17) is 5.73 Å². The number of nitrogens with two attached hydrogens (primary N) is 1. The van der Waals surface area contributed by atoms with Crippen LogP contribution in [0.25, 0.3) is 0 Å². The molecule has 0 aromatic heterocycles. The first-order chi connectivity index (χ1) is 17.8. The largest absolute Gasteiger partial charge is 0.511 e. The second kappa shape index (κ2) is 9.39. The molecular formula is C29H39N3O6. The van der Waals surface area contributed by atoms with Crippen LogP contribution in [-0.4, -0.2) is 80.7 Å². The summed E-state index contributed by atoms with van der Waals surface area (Å²) in [6, 6.07) is 2.76. The van der Waals surface area contributed by atoms with Crippen molar-refractivity contribution in [2.45, 2.75) is 57.7 Å². The van der Waals surface area contributed by atoms with Crippen molar-refractivity contribution in [3.63, 3.8) is 0 Å². The number of piperidine rings is 1. The fourth-order valence-corrected chi connectivity index (χ4v) is 7.57. The summed E-state index contributed by atoms with van der Waals surface area (Å²) in [4.78, 5) is 30.4. The zero-order valence-corrected chi connectivity index (χ0v) is 22.6. The number of benzene rings is 1. The molecule has 9 nitrogen and oxygen atoms in total. The van der Waals surface area contributed by atoms with Crippen LogP contribution in [0.4, 0.5) is 0 Å². The highest BCUT2D eigenvalue weighted by Gasteiger charge is 2.59. The molecule has 1 aliphatic heterocycles. The molecule has 1 saturated heterocycles. The van der Waals surface area contributed by atoms with Crippen LogP contribution in [0.5, 0.6) is 5.75 Å². The van der Waals surface area contributed by atoms with Gasteiger partial charge in [0.1, 0.15) is 22.9 Å². The van der Waals surface area contributed by atoms with E-state index in [2.05, 4.69) is 11.8 Å². The molecule has 5 atom stereocenters. The van der Waals surface area contributed by atoms with E-state index in [1.807, 2.05) is 6.07 Å². The zero-order chi connectivity index (χ0) is 27.7. The van der Waals surface area contributed by atoms with Crippen molar-refractivity contribution < 1.29 is 30.0 Å². The highest BCUT2D eigenvalue weighted by Crippen LogP contribution is 2.54. The summed E-state index contributed by atoms with van der Waals surface area (Å²) in [7, 11) is 3.51. The molecule has 1 aromatic carbocycles. The van der Waals surface area contributed by atoms with E-state index in [0.717, 1.165) is 37.1 Å². The van der Waals surface area contributed by atoms with Gasteiger partial charge in [0.25, 0.3) is 5.91 Å². The van der Waals surface area contributed by atoms with Crippen molar-refractivity contribution in [2.24, 2.45) is 29.4 Å². The first kappa shape index (κ1) is 26.7. The van der Waals surface area contributed by atoms with E-state index >= 15 is 0 Å². The molecule has 1 aromatic rings. The maximum absolute atomic E-state index is 13.9. The molecule has 6 N–H and O–H groups in total. The van der Waals surface area contributed by atoms with Gasteiger partial charge < -0.3 is 26.2 Å². The van der Waals surface area contributed by atoms with Gasteiger partial charge in [-0.2, -0.15) is 0 Å². The predicted octanol–water partition coefficient (Wildman–Crippen LogP) is 2.42. The van der Waals surface area contributed by atoms with Crippen molar-refractivity contribution in [2.75, 3.05) is 27.2 Å². The number of amides is 1. The average molecular weight is 526 g/mol. The van der Waals surface area contributed by atoms with E-state index in [9.17, 15) is 30.0 Å². The molecule has 1 amide bonds. The van der Waals surface area contributed by atoms with Gasteiger partial charge in [-0.25, -0.2) is 0 Å². The van der Waals surface area contributed by atoms with E-state index in [1.165, 1.54) is 6.92 Å². The van der Waals surface area contributed by atoms with E-state index in [-0.39, 0.29) is 39.9 Å². The topological polar surface area (TPSA) is 148 Å². The molecular weight excluding hydrogens is 486 g/mol. The van der Waals surface area contributed by atoms with Crippen LogP contribution in [0.15, 0.2) is 34.8 Å². The number of fused-ring (bicyclic) bond motifs is 3. The van der Waals surface area contributed by atoms with Gasteiger partial charge in [-0.05, 0) is 94.7 Å². The number of aliphatic hydroxyl groups excluding tert-OH is 2. The summed E-state index contributed by atoms with van der Waals surface area (Å²) in [5, 5.41) is 45.0. The fourth-order valence-electron chi connectivity index (χ4n) is 7.57. The number of carbonyl (C=O) groups is 2. The number of phenolic OH excluding ortho intramolecular Hbond substituents is 1. The van der Waals surface area contributed by atoms with Gasteiger partial charge in [0.2, 0.25) is 0 Å². The molecule has 9 heteroatoms. The van der Waals surface area contributed by atoms with Crippen LogP contribution in [-0.2, 0) is 17.8 Å². The summed E-state index contributed by atoms with van der Waals surface area (Å²) in [6.45, 7) is 6.26. The van der Waals surface area contributed by atoms with Gasteiger partial charge in [0.05, 0.1) is 23.1 Å². The van der Waals surface area contributed by atoms with Gasteiger partial charge in [-0.15, -0.1) is 0 Å². The second-order valence-corrected chi connectivity index (χ2v) is 12.1. The molecule has 0 spiro atoms. The number of primary amides is 1. The predicted molar refractivity (Wildman–Crippen MR) is 142 cm³/mol. The van der Waals surface area contributed by atoms with Gasteiger partial charge in [0, 0.05) is 12.1 Å². The Morgan fingerprint density at radius 1 is 1.16 bits per heavy atom. The number of rotatable bonds is 4. The number of hydrogen-bond acceptors (Lipinski definition) is 8. The number of allylic oxidation sites excluding steroid dienone is 1. The summed E-state index contributed by atoms with van der Waals surface area (Å²) in [6.07, 6.45) is 3.11. The first-order valence-electron chi connectivity index (χ1n) is 13.5. The number of carbonyl (C=O) groups excluding carboxylic acids is 2. The lowest BCUT2D eigenvalue weighted by atomic mass is 9.57. The van der Waals surface area contributed by atoms with Gasteiger partial charge in [-0.3, -0.25) is 19.4 Å². The minimum atomic E-state index is -1.98. The second-order valence-electron chi connectivity index (χ2n) is 12.1. The molecule has 4 unspecified atom stereocenters. The lowest BCUT2D eigenvalue weighted by Crippen LogP contribution is -2.59. The third kappa shape index (κ3) is 4.03. The Balaban J connectivity index is 1.59. The minimum Gasteiger partial charge on any atom is -0.511 e. The quantitative estimate of drug-likeness (QED) is 0.403. The van der Waals surface area contributed by atoms with E-state index < -0.39 is 35.2 Å². The summed E-state index contributed by atoms with van der Waals surface area (Å²) < 4.78 is 0. The first-order valence-corrected chi connectivity index (χ1v) is 13.5. The Bertz CT molecular complexity index is 1240. The molecule has 0 saturated carbocycles. The van der Waals surface area contributed by atoms with Crippen LogP contribution in [0.1, 0.15) is 54.6 Å². The van der Waals surface area contributed by atoms with Gasteiger partial charge >= 0.3 is 0 Å². The van der Waals surface area contributed by atoms with Crippen molar-refractivity contribution in [3.05, 3.63) is 51.5 Å². The number of nitrogens with zero attached hydrogens (tertiary/aromatic N) is 2. The SMILES string of the molecule is CC1CCN(Cc2ccc(O)c3c2CC2CC4C(C(O)=C2C3=O)C(C)(O)C(C(N)=O)=C(O)[C@H]4N(C)C)CC1. The third-order valence-electron chi connectivity index (χ3n) is 9.40. The monoisotopic (exact) mass is 525 g/mol. The lowest BCUT2D eigenvalue weighted by molar-refractivity contribution is -0.120. The van der Waals surface area contributed by atoms with Crippen LogP contribution in [0.3, 0.4) is 0 Å². The summed E-state index contributed by atoms with van der Waals surface area (Å²) in [5.74, 6) is -3.31. The highest BCUT2D eigenvalue weighted by molar-refractivity contribution is 6.13. The molecule has 206 valence electrons. The summed E-state index contributed by atoms with van der Waals surface area (Å²) >= 11 is 0. The number of aromatic hydroxyl groups is 1. The third-order valence-corrected chi connectivity index (χ3v) is 9.40. The molecule has 0 bridgehead atoms. The standard InChI is InChI=1S/C29H39N3O6/c1-14-7-9-32(10-8-14)13-15-5-6-19(33)21-17(15)11-16-12-18-22(26(35)20(16)25(21)34)29(2,38)23(28(30)37)27(36)24(18)31(3)4/h5-6,14,16,18,22,24,33,35-36,38H,7-13H2,1-4H3,(H2,30,37)/t16?,18?,22?,24-,29?/m0/s1. The molecule has 1 fully saturated rings. The molecule has 38 heavy (non-hydrogen) atoms. The van der Waals surface area contributed by atoms with E-state index in [1.54, 1.807) is 25.1 Å². The normalized spacial score (nSPS) is 32.3. The van der Waals surface area contributed by atoms with Crippen molar-refractivity contribution in [1.82, 2.24) is 9.80 Å².